The highest BCUT2D eigenvalue weighted by Gasteiger charge is 2.17. The van der Waals surface area contributed by atoms with E-state index in [1.165, 1.54) is 12.0 Å². The molecule has 0 aromatic heterocycles. The van der Waals surface area contributed by atoms with Crippen LogP contribution in [0, 0.1) is 0 Å². The first kappa shape index (κ1) is 9.45. The summed E-state index contributed by atoms with van der Waals surface area (Å²) in [5.74, 6) is 1.06. The quantitative estimate of drug-likeness (QED) is 0.618. The number of hydrogen-bond acceptors (Lipinski definition) is 1. The lowest BCUT2D eigenvalue weighted by Gasteiger charge is -2.13. The zero-order chi connectivity index (χ0) is 9.80. The van der Waals surface area contributed by atoms with Crippen molar-refractivity contribution in [3.05, 3.63) is 35.9 Å². The molecule has 74 valence electrons. The molecule has 0 amide bonds. The van der Waals surface area contributed by atoms with E-state index in [0.29, 0.717) is 11.7 Å². The molecule has 1 aliphatic carbocycles. The molecule has 1 heteroatoms. The van der Waals surface area contributed by atoms with Crippen molar-refractivity contribution in [1.82, 2.24) is 0 Å². The van der Waals surface area contributed by atoms with Gasteiger partial charge in [-0.2, -0.15) is 0 Å². The van der Waals surface area contributed by atoms with E-state index < -0.39 is 0 Å². The molecule has 0 N–H and O–H groups in total. The molecule has 0 spiro atoms. The van der Waals surface area contributed by atoms with Crippen LogP contribution >= 0.6 is 0 Å². The Morgan fingerprint density at radius 2 is 1.79 bits per heavy atom. The normalized spacial score (nSPS) is 23.1. The topological polar surface area (TPSA) is 17.1 Å². The van der Waals surface area contributed by atoms with Crippen molar-refractivity contribution in [2.45, 2.75) is 38.0 Å². The zero-order valence-corrected chi connectivity index (χ0v) is 8.41. The molecular weight excluding hydrogens is 172 g/mol. The van der Waals surface area contributed by atoms with Crippen LogP contribution in [0.15, 0.2) is 30.3 Å². The fourth-order valence-electron chi connectivity index (χ4n) is 2.21. The third-order valence-electron chi connectivity index (χ3n) is 3.05. The van der Waals surface area contributed by atoms with Gasteiger partial charge in [-0.3, -0.25) is 4.79 Å². The molecule has 1 aromatic rings. The monoisotopic (exact) mass is 188 g/mol. The second-order valence-electron chi connectivity index (χ2n) is 4.08. The predicted octanol–water partition coefficient (Wildman–Crippen LogP) is 3.30. The van der Waals surface area contributed by atoms with E-state index in [2.05, 4.69) is 24.3 Å². The van der Waals surface area contributed by atoms with Gasteiger partial charge in [0.25, 0.3) is 0 Å². The Hall–Kier alpha value is -1.11. The minimum Gasteiger partial charge on any atom is -0.300 e. The van der Waals surface area contributed by atoms with Gasteiger partial charge in [0.2, 0.25) is 0 Å². The van der Waals surface area contributed by atoms with Crippen molar-refractivity contribution < 1.29 is 4.79 Å². The molecule has 1 fully saturated rings. The van der Waals surface area contributed by atoms with Gasteiger partial charge in [0.15, 0.2) is 0 Å². The summed E-state index contributed by atoms with van der Waals surface area (Å²) in [4.78, 5) is 11.3. The fraction of sp³-hybridized carbons (Fsp3) is 0.462. The molecule has 1 atom stereocenters. The largest absolute Gasteiger partial charge is 0.300 e. The lowest BCUT2D eigenvalue weighted by Crippen LogP contribution is -1.97. The molecule has 0 heterocycles. The Morgan fingerprint density at radius 1 is 1.00 bits per heavy atom. The molecular formula is C13H16O. The Morgan fingerprint density at radius 3 is 2.57 bits per heavy atom. The van der Waals surface area contributed by atoms with E-state index in [4.69, 9.17) is 0 Å². The summed E-state index contributed by atoms with van der Waals surface area (Å²) < 4.78 is 0. The van der Waals surface area contributed by atoms with Crippen molar-refractivity contribution in [2.24, 2.45) is 0 Å². The number of benzene rings is 1. The van der Waals surface area contributed by atoms with E-state index in [9.17, 15) is 4.79 Å². The SMILES string of the molecule is O=C1CCC[C@H](c2ccccc2)CC1. The van der Waals surface area contributed by atoms with Crippen LogP contribution in [0.2, 0.25) is 0 Å². The molecule has 1 aliphatic rings. The summed E-state index contributed by atoms with van der Waals surface area (Å²) >= 11 is 0. The van der Waals surface area contributed by atoms with Gasteiger partial charge in [0.1, 0.15) is 5.78 Å². The first-order valence-corrected chi connectivity index (χ1v) is 5.43. The number of ketones is 1. The minimum atomic E-state index is 0.448. The van der Waals surface area contributed by atoms with Crippen molar-refractivity contribution in [2.75, 3.05) is 0 Å². The summed E-state index contributed by atoms with van der Waals surface area (Å²) in [5.41, 5.74) is 1.40. The van der Waals surface area contributed by atoms with Gasteiger partial charge in [-0.1, -0.05) is 30.3 Å². The second-order valence-corrected chi connectivity index (χ2v) is 4.08. The highest BCUT2D eigenvalue weighted by Crippen LogP contribution is 2.29. The number of Topliss-reactive ketones (excluding diaryl/α,β-unsaturated/α-hetero) is 1. The lowest BCUT2D eigenvalue weighted by atomic mass is 9.92. The van der Waals surface area contributed by atoms with Gasteiger partial charge in [-0.15, -0.1) is 0 Å². The summed E-state index contributed by atoms with van der Waals surface area (Å²) in [6, 6.07) is 10.6. The Balaban J connectivity index is 2.08. The molecule has 0 unspecified atom stereocenters. The van der Waals surface area contributed by atoms with Crippen LogP contribution in [0.25, 0.3) is 0 Å². The van der Waals surface area contributed by atoms with E-state index >= 15 is 0 Å². The summed E-state index contributed by atoms with van der Waals surface area (Å²) in [6.45, 7) is 0. The number of rotatable bonds is 1. The first-order chi connectivity index (χ1) is 6.86. The van der Waals surface area contributed by atoms with Gasteiger partial charge in [-0.25, -0.2) is 0 Å². The fourth-order valence-corrected chi connectivity index (χ4v) is 2.21. The maximum absolute atomic E-state index is 11.3. The summed E-state index contributed by atoms with van der Waals surface area (Å²) in [7, 11) is 0. The molecule has 14 heavy (non-hydrogen) atoms. The van der Waals surface area contributed by atoms with Crippen LogP contribution in [0.4, 0.5) is 0 Å². The van der Waals surface area contributed by atoms with Crippen LogP contribution in [0.3, 0.4) is 0 Å². The van der Waals surface area contributed by atoms with Crippen molar-refractivity contribution in [3.8, 4) is 0 Å². The van der Waals surface area contributed by atoms with Crippen LogP contribution in [0.5, 0.6) is 0 Å². The first-order valence-electron chi connectivity index (χ1n) is 5.43. The molecule has 1 saturated carbocycles. The second kappa shape index (κ2) is 4.41. The van der Waals surface area contributed by atoms with Crippen LogP contribution in [-0.4, -0.2) is 5.78 Å². The molecule has 0 aliphatic heterocycles. The highest BCUT2D eigenvalue weighted by molar-refractivity contribution is 5.78. The predicted molar refractivity (Wildman–Crippen MR) is 57.3 cm³/mol. The van der Waals surface area contributed by atoms with Crippen LogP contribution in [-0.2, 0) is 4.79 Å². The summed E-state index contributed by atoms with van der Waals surface area (Å²) in [5, 5.41) is 0. The molecule has 0 saturated heterocycles. The number of carbonyl (C=O) groups is 1. The average molecular weight is 188 g/mol. The van der Waals surface area contributed by atoms with Crippen molar-refractivity contribution in [3.63, 3.8) is 0 Å². The van der Waals surface area contributed by atoms with E-state index in [1.807, 2.05) is 6.07 Å². The minimum absolute atomic E-state index is 0.448. The molecule has 1 aromatic carbocycles. The van der Waals surface area contributed by atoms with E-state index in [1.54, 1.807) is 0 Å². The molecule has 2 rings (SSSR count). The lowest BCUT2D eigenvalue weighted by molar-refractivity contribution is -0.118. The van der Waals surface area contributed by atoms with Gasteiger partial charge < -0.3 is 0 Å². The maximum Gasteiger partial charge on any atom is 0.132 e. The van der Waals surface area contributed by atoms with Crippen LogP contribution < -0.4 is 0 Å². The highest BCUT2D eigenvalue weighted by atomic mass is 16.1. The Kier molecular flexibility index (Phi) is 2.97. The third-order valence-corrected chi connectivity index (χ3v) is 3.05. The number of hydrogen-bond donors (Lipinski definition) is 0. The van der Waals surface area contributed by atoms with Gasteiger partial charge >= 0.3 is 0 Å². The number of carbonyl (C=O) groups excluding carboxylic acids is 1. The van der Waals surface area contributed by atoms with Gasteiger partial charge in [0, 0.05) is 12.8 Å². The molecule has 1 nitrogen and oxygen atoms in total. The van der Waals surface area contributed by atoms with Crippen molar-refractivity contribution in [1.29, 1.82) is 0 Å². The van der Waals surface area contributed by atoms with E-state index in [-0.39, 0.29) is 0 Å². The van der Waals surface area contributed by atoms with Gasteiger partial charge in [-0.05, 0) is 30.7 Å². The van der Waals surface area contributed by atoms with Crippen molar-refractivity contribution >= 4 is 5.78 Å². The Bertz CT molecular complexity index is 302. The maximum atomic E-state index is 11.3. The van der Waals surface area contributed by atoms with Crippen LogP contribution in [0.1, 0.15) is 43.6 Å². The van der Waals surface area contributed by atoms with E-state index in [0.717, 1.165) is 25.7 Å². The smallest absolute Gasteiger partial charge is 0.132 e. The zero-order valence-electron chi connectivity index (χ0n) is 8.41. The van der Waals surface area contributed by atoms with Gasteiger partial charge in [0.05, 0.1) is 0 Å². The Labute approximate surface area is 85.1 Å². The third kappa shape index (κ3) is 2.22. The average Bonchev–Trinajstić information content (AvgIpc) is 2.44. The molecule has 0 radical (unpaired) electrons. The summed E-state index contributed by atoms with van der Waals surface area (Å²) in [6.07, 6.45) is 4.86. The molecule has 0 bridgehead atoms. The standard InChI is InChI=1S/C13H16O/c14-13-8-4-7-12(9-10-13)11-5-2-1-3-6-11/h1-3,5-6,12H,4,7-10H2/t12-/m0/s1.